The second kappa shape index (κ2) is 7.45. The lowest BCUT2D eigenvalue weighted by Crippen LogP contribution is -2.37. The molecule has 0 saturated carbocycles. The molecule has 126 valence electrons. The van der Waals surface area contributed by atoms with E-state index in [0.717, 1.165) is 69.4 Å². The van der Waals surface area contributed by atoms with Crippen LogP contribution in [0, 0.1) is 6.92 Å². The van der Waals surface area contributed by atoms with Crippen LogP contribution in [0.25, 0.3) is 20.8 Å². The molecule has 0 unspecified atom stereocenters. The first-order valence-electron chi connectivity index (χ1n) is 7.92. The third-order valence-corrected chi connectivity index (χ3v) is 6.69. The van der Waals surface area contributed by atoms with Gasteiger partial charge in [0.05, 0.1) is 27.8 Å². The summed E-state index contributed by atoms with van der Waals surface area (Å²) in [4.78, 5) is 8.31. The fraction of sp³-hybridized carbons (Fsp3) is 0.438. The first-order chi connectivity index (χ1) is 11.8. The van der Waals surface area contributed by atoms with Gasteiger partial charge in [-0.2, -0.15) is 0 Å². The Balaban J connectivity index is 1.54. The first-order valence-corrected chi connectivity index (χ1v) is 10.6. The lowest BCUT2D eigenvalue weighted by molar-refractivity contribution is 0.0410. The lowest BCUT2D eigenvalue weighted by Gasteiger charge is -2.26. The molecule has 0 atom stereocenters. The van der Waals surface area contributed by atoms with E-state index >= 15 is 0 Å². The third-order valence-electron chi connectivity index (χ3n) is 3.90. The van der Waals surface area contributed by atoms with Crippen molar-refractivity contribution in [2.24, 2.45) is 0 Å². The highest BCUT2D eigenvalue weighted by atomic mass is 32.2. The van der Waals surface area contributed by atoms with Gasteiger partial charge in [-0.05, 0) is 18.4 Å². The number of thiazole rings is 1. The molecule has 0 spiro atoms. The molecule has 1 aliphatic heterocycles. The van der Waals surface area contributed by atoms with Crippen molar-refractivity contribution in [3.05, 3.63) is 22.5 Å². The Morgan fingerprint density at radius 1 is 1.29 bits per heavy atom. The molecule has 1 aliphatic rings. The molecule has 24 heavy (non-hydrogen) atoms. The van der Waals surface area contributed by atoms with E-state index in [9.17, 15) is 0 Å². The Labute approximate surface area is 153 Å². The highest BCUT2D eigenvalue weighted by molar-refractivity contribution is 7.99. The van der Waals surface area contributed by atoms with Crippen molar-refractivity contribution in [1.82, 2.24) is 20.1 Å². The number of hydrogen-bond donors (Lipinski definition) is 0. The molecule has 0 N–H and O–H groups in total. The van der Waals surface area contributed by atoms with E-state index in [-0.39, 0.29) is 0 Å². The van der Waals surface area contributed by atoms with Gasteiger partial charge in [-0.1, -0.05) is 6.07 Å². The number of thioether (sulfide) groups is 1. The lowest BCUT2D eigenvalue weighted by atomic mass is 10.3. The van der Waals surface area contributed by atoms with Crippen LogP contribution in [0.2, 0.25) is 0 Å². The molecule has 1 saturated heterocycles. The van der Waals surface area contributed by atoms with E-state index in [1.54, 1.807) is 34.4 Å². The summed E-state index contributed by atoms with van der Waals surface area (Å²) in [5, 5.41) is 13.1. The fourth-order valence-electron chi connectivity index (χ4n) is 2.69. The number of morpholine rings is 1. The monoisotopic (exact) mass is 378 g/mol. The van der Waals surface area contributed by atoms with Crippen molar-refractivity contribution in [3.63, 3.8) is 0 Å². The molecule has 3 aromatic heterocycles. The minimum absolute atomic E-state index is 0.843. The van der Waals surface area contributed by atoms with Gasteiger partial charge in [-0.25, -0.2) is 4.98 Å². The average Bonchev–Trinajstić information content (AvgIpc) is 3.25. The number of aryl methyl sites for hydroxylation is 1. The smallest absolute Gasteiger partial charge is 0.146 e. The average molecular weight is 379 g/mol. The van der Waals surface area contributed by atoms with Crippen LogP contribution >= 0.6 is 34.4 Å². The van der Waals surface area contributed by atoms with Crippen LogP contribution in [0.1, 0.15) is 5.01 Å². The molecule has 0 aromatic carbocycles. The van der Waals surface area contributed by atoms with Crippen LogP contribution in [-0.2, 0) is 4.74 Å². The minimum atomic E-state index is 0.843. The number of hydrogen-bond acceptors (Lipinski definition) is 8. The number of fused-ring (bicyclic) bond motifs is 1. The molecular formula is C16H18N4OS3. The van der Waals surface area contributed by atoms with Crippen molar-refractivity contribution < 1.29 is 4.74 Å². The van der Waals surface area contributed by atoms with Crippen LogP contribution in [-0.4, -0.2) is 58.7 Å². The Kier molecular flexibility index (Phi) is 5.09. The van der Waals surface area contributed by atoms with Crippen LogP contribution in [0.4, 0.5) is 0 Å². The molecule has 0 bridgehead atoms. The van der Waals surface area contributed by atoms with Gasteiger partial charge in [-0.15, -0.1) is 44.6 Å². The normalized spacial score (nSPS) is 16.0. The molecule has 4 heterocycles. The molecule has 4 rings (SSSR count). The fourth-order valence-corrected chi connectivity index (χ4v) is 5.38. The Morgan fingerprint density at radius 2 is 2.17 bits per heavy atom. The molecule has 0 radical (unpaired) electrons. The van der Waals surface area contributed by atoms with Crippen LogP contribution in [0.5, 0.6) is 0 Å². The SMILES string of the molecule is Cc1nc2c(SCCN3CCOCC3)nnc(-c3cccs3)c2s1. The Bertz CT molecular complexity index is 812. The van der Waals surface area contributed by atoms with Gasteiger partial charge >= 0.3 is 0 Å². The Morgan fingerprint density at radius 3 is 2.96 bits per heavy atom. The topological polar surface area (TPSA) is 51.1 Å². The van der Waals surface area contributed by atoms with Crippen molar-refractivity contribution in [2.75, 3.05) is 38.6 Å². The highest BCUT2D eigenvalue weighted by Crippen LogP contribution is 2.36. The number of aromatic nitrogens is 3. The zero-order valence-electron chi connectivity index (χ0n) is 13.4. The van der Waals surface area contributed by atoms with Crippen molar-refractivity contribution in [3.8, 4) is 10.6 Å². The van der Waals surface area contributed by atoms with E-state index in [2.05, 4.69) is 26.5 Å². The summed E-state index contributed by atoms with van der Waals surface area (Å²) in [6, 6.07) is 4.14. The van der Waals surface area contributed by atoms with Crippen LogP contribution in [0.3, 0.4) is 0 Å². The van der Waals surface area contributed by atoms with Crippen molar-refractivity contribution >= 4 is 44.7 Å². The summed E-state index contributed by atoms with van der Waals surface area (Å²) >= 11 is 5.15. The molecule has 0 aliphatic carbocycles. The quantitative estimate of drug-likeness (QED) is 0.633. The van der Waals surface area contributed by atoms with Gasteiger partial charge in [0.25, 0.3) is 0 Å². The summed E-state index contributed by atoms with van der Waals surface area (Å²) in [5.41, 5.74) is 1.96. The van der Waals surface area contributed by atoms with Crippen molar-refractivity contribution in [1.29, 1.82) is 0 Å². The van der Waals surface area contributed by atoms with Gasteiger partial charge < -0.3 is 4.74 Å². The predicted molar refractivity (Wildman–Crippen MR) is 101 cm³/mol. The summed E-state index contributed by atoms with van der Waals surface area (Å²) < 4.78 is 6.55. The second-order valence-corrected chi connectivity index (χ2v) is 8.78. The van der Waals surface area contributed by atoms with E-state index < -0.39 is 0 Å². The maximum Gasteiger partial charge on any atom is 0.146 e. The third kappa shape index (κ3) is 3.48. The van der Waals surface area contributed by atoms with Gasteiger partial charge in [0.15, 0.2) is 0 Å². The van der Waals surface area contributed by atoms with E-state index in [4.69, 9.17) is 9.72 Å². The maximum absolute atomic E-state index is 5.39. The number of thiophene rings is 1. The summed E-state index contributed by atoms with van der Waals surface area (Å²) in [6.07, 6.45) is 0. The first kappa shape index (κ1) is 16.4. The van der Waals surface area contributed by atoms with E-state index in [1.807, 2.05) is 13.0 Å². The Hall–Kier alpha value is -1.06. The maximum atomic E-state index is 5.39. The zero-order chi connectivity index (χ0) is 16.4. The van der Waals surface area contributed by atoms with E-state index in [1.165, 1.54) is 0 Å². The molecule has 3 aromatic rings. The molecule has 8 heteroatoms. The molecule has 0 amide bonds. The molecular weight excluding hydrogens is 360 g/mol. The van der Waals surface area contributed by atoms with E-state index in [0.29, 0.717) is 0 Å². The number of nitrogens with zero attached hydrogens (tertiary/aromatic N) is 4. The van der Waals surface area contributed by atoms with Crippen LogP contribution < -0.4 is 0 Å². The summed E-state index contributed by atoms with van der Waals surface area (Å²) in [5.74, 6) is 0.999. The number of rotatable bonds is 5. The zero-order valence-corrected chi connectivity index (χ0v) is 15.8. The highest BCUT2D eigenvalue weighted by Gasteiger charge is 2.17. The van der Waals surface area contributed by atoms with Crippen LogP contribution in [0.15, 0.2) is 22.5 Å². The number of ether oxygens (including phenoxy) is 1. The summed E-state index contributed by atoms with van der Waals surface area (Å²) in [6.45, 7) is 6.83. The molecule has 5 nitrogen and oxygen atoms in total. The molecule has 1 fully saturated rings. The predicted octanol–water partition coefficient (Wildman–Crippen LogP) is 3.55. The van der Waals surface area contributed by atoms with Gasteiger partial charge in [0.2, 0.25) is 0 Å². The largest absolute Gasteiger partial charge is 0.379 e. The van der Waals surface area contributed by atoms with Crippen molar-refractivity contribution in [2.45, 2.75) is 11.9 Å². The summed E-state index contributed by atoms with van der Waals surface area (Å²) in [7, 11) is 0. The standard InChI is InChI=1S/C16H18N4OS3/c1-11-17-14-15(24-11)13(12-3-2-9-22-12)18-19-16(14)23-10-6-20-4-7-21-8-5-20/h2-3,9H,4-8,10H2,1H3. The van der Waals surface area contributed by atoms with Gasteiger partial charge in [0.1, 0.15) is 16.2 Å². The van der Waals surface area contributed by atoms with Gasteiger partial charge in [0, 0.05) is 25.4 Å². The minimum Gasteiger partial charge on any atom is -0.379 e. The van der Waals surface area contributed by atoms with Gasteiger partial charge in [-0.3, -0.25) is 4.90 Å². The second-order valence-electron chi connectivity index (χ2n) is 5.54.